The zero-order valence-corrected chi connectivity index (χ0v) is 28.3. The Balaban J connectivity index is 0.00000166. The number of carboxylic acid groups (broad SMARTS) is 1. The monoisotopic (exact) mass is 712 g/mol. The highest BCUT2D eigenvalue weighted by Gasteiger charge is 2.46. The third-order valence-electron chi connectivity index (χ3n) is 6.24. The lowest BCUT2D eigenvalue weighted by atomic mass is 9.86. The Kier molecular flexibility index (Phi) is 14.0. The lowest BCUT2D eigenvalue weighted by Gasteiger charge is -2.33. The second-order valence-electron chi connectivity index (χ2n) is 10.4. The van der Waals surface area contributed by atoms with Gasteiger partial charge in [-0.3, -0.25) is 20.1 Å². The van der Waals surface area contributed by atoms with E-state index in [0.717, 1.165) is 6.92 Å². The summed E-state index contributed by atoms with van der Waals surface area (Å²) in [6.45, 7) is 4.74. The molecule has 0 spiro atoms. The van der Waals surface area contributed by atoms with E-state index < -0.39 is 42.3 Å². The summed E-state index contributed by atoms with van der Waals surface area (Å²) in [6.07, 6.45) is 1.54. The molecule has 0 saturated carbocycles. The first kappa shape index (κ1) is 38.9. The van der Waals surface area contributed by atoms with Crippen molar-refractivity contribution in [3.05, 3.63) is 83.5 Å². The van der Waals surface area contributed by atoms with Crippen LogP contribution in [0.4, 0.5) is 14.9 Å². The number of nitrogen functional groups attached to an aromatic ring is 1. The van der Waals surface area contributed by atoms with Crippen LogP contribution in [0.1, 0.15) is 50.5 Å². The maximum Gasteiger partial charge on any atom is 0.511 e. The Morgan fingerprint density at radius 3 is 2.31 bits per heavy atom. The van der Waals surface area contributed by atoms with E-state index in [-0.39, 0.29) is 53.8 Å². The molecule has 2 aromatic heterocycles. The minimum absolute atomic E-state index is 0.00752. The fourth-order valence-electron chi connectivity index (χ4n) is 4.22. The molecule has 0 saturated heterocycles. The van der Waals surface area contributed by atoms with Gasteiger partial charge in [-0.25, -0.2) is 19.2 Å². The van der Waals surface area contributed by atoms with E-state index in [4.69, 9.17) is 49.5 Å². The first-order valence-electron chi connectivity index (χ1n) is 15.0. The van der Waals surface area contributed by atoms with E-state index in [1.54, 1.807) is 44.2 Å². The molecule has 18 nitrogen and oxygen atoms in total. The molecule has 0 amide bonds. The zero-order chi connectivity index (χ0) is 37.6. The smallest absolute Gasteiger partial charge is 0.497 e. The van der Waals surface area contributed by atoms with Crippen molar-refractivity contribution < 1.29 is 52.3 Å². The number of H-pyrrole nitrogens is 1. The quantitative estimate of drug-likeness (QED) is 0.0389. The number of aliphatic carboxylic acids is 1. The number of ether oxygens (including phenoxy) is 6. The number of carbonyl (C=O) groups excluding carboxylic acids is 2. The highest BCUT2D eigenvalue weighted by atomic mass is 19.1. The second kappa shape index (κ2) is 18.3. The predicted molar refractivity (Wildman–Crippen MR) is 176 cm³/mol. The molecule has 0 unspecified atom stereocenters. The molecule has 0 fully saturated rings. The summed E-state index contributed by atoms with van der Waals surface area (Å²) in [5.74, 6) is -2.48. The lowest BCUT2D eigenvalue weighted by molar-refractivity contribution is -0.141. The number of carbonyl (C=O) groups is 3. The standard InChI is InChI=1S/C30H33FN8O8.C2H4O2/c1-17(2)47-29(41)46-16-45-28-36-27(38-39-28)30(26-34-10-5-11-35-26,37-20-8-6-19(7-9-20)25(32)33)22-14-21(42-4)15-23(24(22)31)44-13-12-43-18(3)40;1-2(3)4/h5-11,14-15,17,37H,12-13,16H2,1-4H3,(H3,32,33)(H,36,38,39);1H3,(H,3,4)/t30-;/m1./s1. The maximum absolute atomic E-state index is 16.7. The number of hydrogen-bond acceptors (Lipinski definition) is 15. The third-order valence-corrected chi connectivity index (χ3v) is 6.24. The summed E-state index contributed by atoms with van der Waals surface area (Å²) in [5, 5.41) is 25.3. The van der Waals surface area contributed by atoms with Crippen LogP contribution >= 0.6 is 0 Å². The average Bonchev–Trinajstić information content (AvgIpc) is 3.55. The van der Waals surface area contributed by atoms with Gasteiger partial charge in [0.1, 0.15) is 24.8 Å². The molecule has 0 aliphatic carbocycles. The molecule has 19 heteroatoms. The van der Waals surface area contributed by atoms with Crippen molar-refractivity contribution in [2.75, 3.05) is 32.4 Å². The summed E-state index contributed by atoms with van der Waals surface area (Å²) < 4.78 is 48.0. The molecule has 4 rings (SSSR count). The van der Waals surface area contributed by atoms with E-state index in [1.165, 1.54) is 38.6 Å². The van der Waals surface area contributed by atoms with Gasteiger partial charge in [-0.1, -0.05) is 0 Å². The molecule has 2 aromatic carbocycles. The van der Waals surface area contributed by atoms with Gasteiger partial charge < -0.3 is 44.6 Å². The van der Waals surface area contributed by atoms with Crippen LogP contribution in [0.5, 0.6) is 17.5 Å². The number of hydrogen-bond donors (Lipinski definition) is 5. The summed E-state index contributed by atoms with van der Waals surface area (Å²) in [7, 11) is 1.39. The minimum atomic E-state index is -1.89. The predicted octanol–water partition coefficient (Wildman–Crippen LogP) is 3.36. The van der Waals surface area contributed by atoms with Crippen molar-refractivity contribution in [2.24, 2.45) is 5.73 Å². The molecule has 6 N–H and O–H groups in total. The van der Waals surface area contributed by atoms with Crippen LogP contribution in [-0.2, 0) is 29.3 Å². The van der Waals surface area contributed by atoms with E-state index in [1.807, 2.05) is 0 Å². The molecule has 0 aliphatic rings. The van der Waals surface area contributed by atoms with Crippen LogP contribution < -0.4 is 25.3 Å². The molecule has 4 aromatic rings. The topological polar surface area (TPSA) is 256 Å². The average molecular weight is 713 g/mol. The minimum Gasteiger partial charge on any atom is -0.497 e. The van der Waals surface area contributed by atoms with Gasteiger partial charge in [0.2, 0.25) is 6.79 Å². The Morgan fingerprint density at radius 1 is 1.06 bits per heavy atom. The summed E-state index contributed by atoms with van der Waals surface area (Å²) in [6, 6.07) is 10.4. The number of anilines is 1. The highest BCUT2D eigenvalue weighted by Crippen LogP contribution is 2.42. The molecule has 2 heterocycles. The molecule has 0 aliphatic heterocycles. The summed E-state index contributed by atoms with van der Waals surface area (Å²) in [4.78, 5) is 45.3. The van der Waals surface area contributed by atoms with Crippen molar-refractivity contribution in [1.82, 2.24) is 25.1 Å². The molecule has 0 bridgehead atoms. The number of halogens is 1. The van der Waals surface area contributed by atoms with Crippen molar-refractivity contribution in [3.63, 3.8) is 0 Å². The zero-order valence-electron chi connectivity index (χ0n) is 28.3. The Morgan fingerprint density at radius 2 is 1.73 bits per heavy atom. The molecule has 0 radical (unpaired) electrons. The second-order valence-corrected chi connectivity index (χ2v) is 10.4. The first-order valence-corrected chi connectivity index (χ1v) is 15.0. The van der Waals surface area contributed by atoms with Gasteiger partial charge in [-0.2, -0.15) is 4.98 Å². The van der Waals surface area contributed by atoms with E-state index in [0.29, 0.717) is 11.3 Å². The van der Waals surface area contributed by atoms with Crippen LogP contribution in [0.15, 0.2) is 54.9 Å². The number of nitrogens with zero attached hydrogens (tertiary/aromatic N) is 4. The van der Waals surface area contributed by atoms with Gasteiger partial charge in [-0.15, -0.1) is 5.10 Å². The Labute approximate surface area is 290 Å². The third kappa shape index (κ3) is 11.0. The van der Waals surface area contributed by atoms with Crippen molar-refractivity contribution >= 4 is 29.6 Å². The number of amidine groups is 1. The number of benzene rings is 2. The number of aromatic amines is 1. The lowest BCUT2D eigenvalue weighted by Crippen LogP contribution is -2.42. The van der Waals surface area contributed by atoms with Crippen molar-refractivity contribution in [1.29, 1.82) is 5.41 Å². The van der Waals surface area contributed by atoms with Gasteiger partial charge in [0.15, 0.2) is 28.8 Å². The normalized spacial score (nSPS) is 11.6. The fourth-order valence-corrected chi connectivity index (χ4v) is 4.22. The number of esters is 1. The highest BCUT2D eigenvalue weighted by molar-refractivity contribution is 5.95. The maximum atomic E-state index is 16.7. The number of methoxy groups -OCH3 is 1. The van der Waals surface area contributed by atoms with Gasteiger partial charge in [-0.05, 0) is 50.2 Å². The number of carboxylic acids is 1. The Hall–Kier alpha value is -6.53. The van der Waals surface area contributed by atoms with Crippen molar-refractivity contribution in [3.8, 4) is 17.5 Å². The molecule has 1 atom stereocenters. The van der Waals surface area contributed by atoms with E-state index in [9.17, 15) is 9.59 Å². The molecular formula is C32H37FN8O10. The molecule has 51 heavy (non-hydrogen) atoms. The van der Waals surface area contributed by atoms with Crippen LogP contribution in [0.2, 0.25) is 0 Å². The van der Waals surface area contributed by atoms with Crippen LogP contribution in [-0.4, -0.2) is 87.4 Å². The number of nitrogens with two attached hydrogens (primary N) is 1. The first-order chi connectivity index (χ1) is 24.3. The Bertz CT molecular complexity index is 1790. The van der Waals surface area contributed by atoms with E-state index >= 15 is 4.39 Å². The van der Waals surface area contributed by atoms with Gasteiger partial charge >= 0.3 is 18.1 Å². The van der Waals surface area contributed by atoms with Gasteiger partial charge in [0, 0.05) is 49.1 Å². The van der Waals surface area contributed by atoms with Crippen LogP contribution in [0.3, 0.4) is 0 Å². The summed E-state index contributed by atoms with van der Waals surface area (Å²) in [5.41, 5.74) is 4.48. The van der Waals surface area contributed by atoms with E-state index in [2.05, 4.69) is 30.5 Å². The van der Waals surface area contributed by atoms with Gasteiger partial charge in [0.05, 0.1) is 13.2 Å². The van der Waals surface area contributed by atoms with Crippen LogP contribution in [0.25, 0.3) is 0 Å². The largest absolute Gasteiger partial charge is 0.511 e. The van der Waals surface area contributed by atoms with Gasteiger partial charge in [0.25, 0.3) is 5.97 Å². The summed E-state index contributed by atoms with van der Waals surface area (Å²) >= 11 is 0. The number of aromatic nitrogens is 5. The molecule has 272 valence electrons. The van der Waals surface area contributed by atoms with Crippen LogP contribution in [0, 0.1) is 11.2 Å². The fraction of sp³-hybridized carbons (Fsp3) is 0.312. The van der Waals surface area contributed by atoms with Crippen molar-refractivity contribution in [2.45, 2.75) is 39.3 Å². The number of nitrogens with one attached hydrogen (secondary N) is 3. The number of rotatable bonds is 15. The SMILES string of the molecule is CC(=O)O.COc1cc(OCCOC(C)=O)c(F)c([C@@](Nc2ccc(C(=N)N)cc2)(c2ncccn2)c2nc(OCOC(=O)OC(C)C)n[nH]2)c1. The molecular weight excluding hydrogens is 675 g/mol.